The summed E-state index contributed by atoms with van der Waals surface area (Å²) in [6, 6.07) is 1.89. The Kier molecular flexibility index (Phi) is 6.23. The maximum absolute atomic E-state index is 12.4. The molecule has 0 bridgehead atoms. The Bertz CT molecular complexity index is 697. The van der Waals surface area contributed by atoms with Crippen molar-refractivity contribution in [1.82, 2.24) is 20.0 Å². The van der Waals surface area contributed by atoms with Gasteiger partial charge in [0, 0.05) is 45.5 Å². The van der Waals surface area contributed by atoms with E-state index in [9.17, 15) is 4.79 Å². The predicted octanol–water partition coefficient (Wildman–Crippen LogP) is 1.06. The first-order valence-corrected chi connectivity index (χ1v) is 7.43. The van der Waals surface area contributed by atoms with Crippen LogP contribution in [-0.2, 0) is 18.4 Å². The molecule has 0 saturated carbocycles. The summed E-state index contributed by atoms with van der Waals surface area (Å²) in [5, 5.41) is 7.37. The number of nitrogens with one attached hydrogen (secondary N) is 1. The lowest BCUT2D eigenvalue weighted by molar-refractivity contribution is -0.120. The van der Waals surface area contributed by atoms with Crippen LogP contribution in [0.3, 0.4) is 0 Å². The molecular formula is C15H21IN6O2. The van der Waals surface area contributed by atoms with Crippen molar-refractivity contribution in [1.29, 1.82) is 0 Å². The topological polar surface area (TPSA) is 78.9 Å². The summed E-state index contributed by atoms with van der Waals surface area (Å²) in [5.41, 5.74) is 1.87. The average Bonchev–Trinajstić information content (AvgIpc) is 3.20. The zero-order valence-corrected chi connectivity index (χ0v) is 16.0. The molecule has 8 nitrogen and oxygen atoms in total. The zero-order chi connectivity index (χ0) is 16.2. The Morgan fingerprint density at radius 1 is 1.46 bits per heavy atom. The van der Waals surface area contributed by atoms with Crippen LogP contribution >= 0.6 is 24.0 Å². The highest BCUT2D eigenvalue weighted by molar-refractivity contribution is 14.0. The minimum Gasteiger partial charge on any atom is -0.472 e. The van der Waals surface area contributed by atoms with Gasteiger partial charge in [-0.05, 0) is 6.07 Å². The highest BCUT2D eigenvalue weighted by Gasteiger charge is 2.27. The molecule has 1 fully saturated rings. The standard InChI is InChI=1S/C15H20N6O2.HI/c1-16-15(17-7-12-3-6-23-11-12)20-4-5-21(14(22)10-20)13-8-18-19(2)9-13;/h3,6,8-9,11H,4-5,7,10H2,1-2H3,(H,16,17);1H. The highest BCUT2D eigenvalue weighted by Crippen LogP contribution is 2.16. The van der Waals surface area contributed by atoms with Gasteiger partial charge in [0.05, 0.1) is 24.4 Å². The summed E-state index contributed by atoms with van der Waals surface area (Å²) in [6.45, 7) is 2.22. The molecule has 0 atom stereocenters. The van der Waals surface area contributed by atoms with Crippen molar-refractivity contribution in [2.75, 3.05) is 31.6 Å². The SMILES string of the molecule is CN=C(NCc1ccoc1)N1CCN(c2cnn(C)c2)C(=O)C1.I. The Morgan fingerprint density at radius 2 is 2.29 bits per heavy atom. The van der Waals surface area contributed by atoms with Gasteiger partial charge in [-0.25, -0.2) is 0 Å². The molecule has 0 unspecified atom stereocenters. The third-order valence-electron chi connectivity index (χ3n) is 3.77. The highest BCUT2D eigenvalue weighted by atomic mass is 127. The summed E-state index contributed by atoms with van der Waals surface area (Å²) in [4.78, 5) is 20.4. The third kappa shape index (κ3) is 4.08. The number of amides is 1. The van der Waals surface area contributed by atoms with Crippen LogP contribution < -0.4 is 10.2 Å². The molecule has 0 radical (unpaired) electrons. The number of halogens is 1. The first-order chi connectivity index (χ1) is 11.2. The van der Waals surface area contributed by atoms with E-state index in [1.54, 1.807) is 35.4 Å². The molecule has 0 aliphatic carbocycles. The molecule has 9 heteroatoms. The van der Waals surface area contributed by atoms with Crippen molar-refractivity contribution < 1.29 is 9.21 Å². The number of aliphatic imine (C=N–C) groups is 1. The van der Waals surface area contributed by atoms with Gasteiger partial charge < -0.3 is 19.5 Å². The van der Waals surface area contributed by atoms with Crippen LogP contribution in [0.1, 0.15) is 5.56 Å². The monoisotopic (exact) mass is 444 g/mol. The van der Waals surface area contributed by atoms with Crippen LogP contribution in [0.25, 0.3) is 0 Å². The average molecular weight is 444 g/mol. The van der Waals surface area contributed by atoms with E-state index < -0.39 is 0 Å². The molecular weight excluding hydrogens is 423 g/mol. The minimum absolute atomic E-state index is 0. The largest absolute Gasteiger partial charge is 0.472 e. The summed E-state index contributed by atoms with van der Waals surface area (Å²) in [6.07, 6.45) is 6.88. The maximum atomic E-state index is 12.4. The third-order valence-corrected chi connectivity index (χ3v) is 3.77. The van der Waals surface area contributed by atoms with Crippen molar-refractivity contribution in [2.45, 2.75) is 6.54 Å². The quantitative estimate of drug-likeness (QED) is 0.435. The first-order valence-electron chi connectivity index (χ1n) is 7.43. The van der Waals surface area contributed by atoms with Crippen LogP contribution in [0.2, 0.25) is 0 Å². The lowest BCUT2D eigenvalue weighted by Gasteiger charge is -2.35. The van der Waals surface area contributed by atoms with E-state index in [2.05, 4.69) is 15.4 Å². The van der Waals surface area contributed by atoms with Crippen LogP contribution in [-0.4, -0.2) is 53.2 Å². The van der Waals surface area contributed by atoms with E-state index in [0.717, 1.165) is 11.3 Å². The van der Waals surface area contributed by atoms with Crippen LogP contribution in [0.15, 0.2) is 40.4 Å². The summed E-state index contributed by atoms with van der Waals surface area (Å²) < 4.78 is 6.74. The second-order valence-electron chi connectivity index (χ2n) is 5.37. The number of carbonyl (C=O) groups excluding carboxylic acids is 1. The molecule has 1 aliphatic heterocycles. The molecule has 130 valence electrons. The molecule has 1 amide bonds. The number of carbonyl (C=O) groups is 1. The van der Waals surface area contributed by atoms with Gasteiger partial charge in [0.15, 0.2) is 5.96 Å². The van der Waals surface area contributed by atoms with Gasteiger partial charge in [-0.15, -0.1) is 24.0 Å². The second-order valence-corrected chi connectivity index (χ2v) is 5.37. The van der Waals surface area contributed by atoms with Crippen molar-refractivity contribution in [3.8, 4) is 0 Å². The second kappa shape index (κ2) is 8.18. The molecule has 2 aromatic heterocycles. The van der Waals surface area contributed by atoms with Gasteiger partial charge in [0.25, 0.3) is 0 Å². The number of anilines is 1. The number of rotatable bonds is 3. The molecule has 1 aliphatic rings. The number of aromatic nitrogens is 2. The van der Waals surface area contributed by atoms with Crippen molar-refractivity contribution in [2.24, 2.45) is 12.0 Å². The molecule has 1 N–H and O–H groups in total. The van der Waals surface area contributed by atoms with Crippen molar-refractivity contribution >= 4 is 41.5 Å². The Hall–Kier alpha value is -2.04. The van der Waals surface area contributed by atoms with Gasteiger partial charge in [-0.2, -0.15) is 5.10 Å². The molecule has 3 rings (SSSR count). The van der Waals surface area contributed by atoms with E-state index in [4.69, 9.17) is 4.42 Å². The normalized spacial score (nSPS) is 15.4. The lowest BCUT2D eigenvalue weighted by atomic mass is 10.3. The van der Waals surface area contributed by atoms with Crippen LogP contribution in [0, 0.1) is 0 Å². The van der Waals surface area contributed by atoms with Crippen LogP contribution in [0.5, 0.6) is 0 Å². The molecule has 0 aromatic carbocycles. The number of guanidine groups is 1. The molecule has 1 saturated heterocycles. The van der Waals surface area contributed by atoms with E-state index in [1.807, 2.05) is 24.2 Å². The number of piperazine rings is 1. The summed E-state index contributed by atoms with van der Waals surface area (Å²) in [5.74, 6) is 0.751. The van der Waals surface area contributed by atoms with Gasteiger partial charge in [-0.1, -0.05) is 0 Å². The number of aryl methyl sites for hydroxylation is 1. The Balaban J connectivity index is 0.00000208. The van der Waals surface area contributed by atoms with Gasteiger partial charge >= 0.3 is 0 Å². The number of hydrogen-bond acceptors (Lipinski definition) is 4. The summed E-state index contributed by atoms with van der Waals surface area (Å²) in [7, 11) is 3.56. The van der Waals surface area contributed by atoms with E-state index >= 15 is 0 Å². The first kappa shape index (κ1) is 18.3. The minimum atomic E-state index is 0. The van der Waals surface area contributed by atoms with E-state index in [-0.39, 0.29) is 29.9 Å². The fourth-order valence-corrected chi connectivity index (χ4v) is 2.58. The van der Waals surface area contributed by atoms with Crippen molar-refractivity contribution in [3.63, 3.8) is 0 Å². The number of nitrogens with zero attached hydrogens (tertiary/aromatic N) is 5. The van der Waals surface area contributed by atoms with E-state index in [1.165, 1.54) is 0 Å². The molecule has 24 heavy (non-hydrogen) atoms. The van der Waals surface area contributed by atoms with Crippen molar-refractivity contribution in [3.05, 3.63) is 36.5 Å². The predicted molar refractivity (Wildman–Crippen MR) is 101 cm³/mol. The molecule has 3 heterocycles. The zero-order valence-electron chi connectivity index (χ0n) is 13.7. The summed E-state index contributed by atoms with van der Waals surface area (Å²) >= 11 is 0. The fourth-order valence-electron chi connectivity index (χ4n) is 2.58. The fraction of sp³-hybridized carbons (Fsp3) is 0.400. The smallest absolute Gasteiger partial charge is 0.246 e. The number of furan rings is 1. The Labute approximate surface area is 157 Å². The lowest BCUT2D eigenvalue weighted by Crippen LogP contribution is -2.55. The maximum Gasteiger partial charge on any atom is 0.246 e. The number of hydrogen-bond donors (Lipinski definition) is 1. The van der Waals surface area contributed by atoms with Gasteiger partial charge in [0.2, 0.25) is 5.91 Å². The van der Waals surface area contributed by atoms with Crippen LogP contribution in [0.4, 0.5) is 5.69 Å². The molecule has 2 aromatic rings. The van der Waals surface area contributed by atoms with Gasteiger partial charge in [0.1, 0.15) is 6.54 Å². The van der Waals surface area contributed by atoms with E-state index in [0.29, 0.717) is 32.1 Å². The molecule has 0 spiro atoms. The Morgan fingerprint density at radius 3 is 2.88 bits per heavy atom. The van der Waals surface area contributed by atoms with Gasteiger partial charge in [-0.3, -0.25) is 14.5 Å².